The van der Waals surface area contributed by atoms with Crippen molar-refractivity contribution in [1.29, 1.82) is 0 Å². The zero-order valence-corrected chi connectivity index (χ0v) is 28.8. The molecule has 3 atom stereocenters. The molecule has 1 amide bonds. The maximum atomic E-state index is 15.8. The number of amides is 1. The number of ether oxygens (including phenoxy) is 2. The average Bonchev–Trinajstić information content (AvgIpc) is 3.03. The minimum Gasteiger partial charge on any atom is -0.466 e. The van der Waals surface area contributed by atoms with Crippen molar-refractivity contribution >= 4 is 19.4 Å². The fraction of sp³-hybridized carbons (Fsp3) is 0.632. The Hall–Kier alpha value is -2.63. The van der Waals surface area contributed by atoms with E-state index in [2.05, 4.69) is 12.2 Å². The van der Waals surface area contributed by atoms with Crippen molar-refractivity contribution in [3.05, 3.63) is 71.8 Å². The number of unbranched alkanes of at least 4 members (excludes halogenated alkanes) is 4. The summed E-state index contributed by atoms with van der Waals surface area (Å²) >= 11 is 0. The quantitative estimate of drug-likeness (QED) is 0.0982. The van der Waals surface area contributed by atoms with Crippen molar-refractivity contribution in [3.8, 4) is 0 Å². The molecule has 4 fully saturated rings. The number of carbonyl (C=O) groups is 2. The van der Waals surface area contributed by atoms with Crippen LogP contribution in [0, 0.1) is 23.7 Å². The van der Waals surface area contributed by atoms with Gasteiger partial charge in [0.2, 0.25) is 7.37 Å². The summed E-state index contributed by atoms with van der Waals surface area (Å²) in [5, 5.41) is 3.02. The van der Waals surface area contributed by atoms with Crippen LogP contribution >= 0.6 is 7.37 Å². The van der Waals surface area contributed by atoms with Gasteiger partial charge in [0.05, 0.1) is 18.1 Å². The molecule has 0 aromatic heterocycles. The van der Waals surface area contributed by atoms with Gasteiger partial charge in [-0.15, -0.1) is 0 Å². The molecule has 3 unspecified atom stereocenters. The summed E-state index contributed by atoms with van der Waals surface area (Å²) in [6.45, 7) is 4.37. The highest BCUT2D eigenvalue weighted by Crippen LogP contribution is 2.65. The Morgan fingerprint density at radius 3 is 2.00 bits per heavy atom. The van der Waals surface area contributed by atoms with Crippen LogP contribution < -0.4 is 5.32 Å². The molecular formula is C38H54NO6P. The Bertz CT molecular complexity index is 1270. The summed E-state index contributed by atoms with van der Waals surface area (Å²) in [6.07, 6.45) is 12.0. The lowest BCUT2D eigenvalue weighted by molar-refractivity contribution is -0.147. The smallest absolute Gasteiger partial charge is 0.408 e. The third-order valence-corrected chi connectivity index (χ3v) is 13.2. The van der Waals surface area contributed by atoms with Gasteiger partial charge in [-0.25, -0.2) is 4.79 Å². The normalized spacial score (nSPS) is 25.7. The Labute approximate surface area is 276 Å². The fourth-order valence-electron chi connectivity index (χ4n) is 8.57. The molecule has 4 bridgehead atoms. The number of hydrogen-bond acceptors (Lipinski definition) is 6. The summed E-state index contributed by atoms with van der Waals surface area (Å²) < 4.78 is 34.1. The zero-order valence-electron chi connectivity index (χ0n) is 27.9. The summed E-state index contributed by atoms with van der Waals surface area (Å²) in [6, 6.07) is 19.3. The predicted molar refractivity (Wildman–Crippen MR) is 182 cm³/mol. The average molecular weight is 652 g/mol. The van der Waals surface area contributed by atoms with E-state index in [0.29, 0.717) is 30.6 Å². The zero-order chi connectivity index (χ0) is 32.4. The van der Waals surface area contributed by atoms with Crippen LogP contribution in [0.3, 0.4) is 0 Å². The highest BCUT2D eigenvalue weighted by Gasteiger charge is 2.55. The maximum absolute atomic E-state index is 15.8. The lowest BCUT2D eigenvalue weighted by Gasteiger charge is -2.57. The van der Waals surface area contributed by atoms with Gasteiger partial charge in [0.15, 0.2) is 0 Å². The van der Waals surface area contributed by atoms with Crippen molar-refractivity contribution < 1.29 is 28.2 Å². The predicted octanol–water partition coefficient (Wildman–Crippen LogP) is 9.28. The van der Waals surface area contributed by atoms with Crippen LogP contribution in [0.2, 0.25) is 0 Å². The lowest BCUT2D eigenvalue weighted by atomic mass is 9.54. The molecule has 4 aliphatic rings. The number of carbonyl (C=O) groups excluding carboxylic acids is 2. The van der Waals surface area contributed by atoms with E-state index in [1.165, 1.54) is 19.3 Å². The van der Waals surface area contributed by atoms with Crippen molar-refractivity contribution in [2.24, 2.45) is 23.7 Å². The Kier molecular flexibility index (Phi) is 12.4. The molecule has 0 aliphatic heterocycles. The second-order valence-electron chi connectivity index (χ2n) is 14.2. The van der Waals surface area contributed by atoms with Gasteiger partial charge in [-0.1, -0.05) is 99.7 Å². The Morgan fingerprint density at radius 2 is 1.41 bits per heavy atom. The van der Waals surface area contributed by atoms with Crippen molar-refractivity contribution in [3.63, 3.8) is 0 Å². The molecule has 46 heavy (non-hydrogen) atoms. The van der Waals surface area contributed by atoms with Crippen molar-refractivity contribution in [1.82, 2.24) is 5.32 Å². The molecule has 0 saturated heterocycles. The molecule has 4 saturated carbocycles. The minimum absolute atomic E-state index is 0.0534. The van der Waals surface area contributed by atoms with Crippen LogP contribution in [0.1, 0.15) is 102 Å². The Balaban J connectivity index is 1.44. The molecule has 4 aliphatic carbocycles. The van der Waals surface area contributed by atoms with Crippen molar-refractivity contribution in [2.45, 2.75) is 115 Å². The Morgan fingerprint density at radius 1 is 0.826 bits per heavy atom. The van der Waals surface area contributed by atoms with E-state index >= 15 is 4.57 Å². The first kappa shape index (κ1) is 34.7. The molecule has 8 heteroatoms. The van der Waals surface area contributed by atoms with Gasteiger partial charge in [-0.05, 0) is 80.8 Å². The van der Waals surface area contributed by atoms with Crippen molar-refractivity contribution in [2.75, 3.05) is 12.8 Å². The first-order chi connectivity index (χ1) is 22.3. The first-order valence-electron chi connectivity index (χ1n) is 17.8. The molecule has 2 aromatic carbocycles. The van der Waals surface area contributed by atoms with E-state index in [-0.39, 0.29) is 25.3 Å². The standard InChI is InChI=1S/C38H54NO6P/c1-3-5-6-7-14-19-34(36(40)43-4-2)28-46(42,45-38-24-31-20-32(25-38)22-33(21-31)26-38)35(23-29-15-10-8-11-16-29)39-37(41)44-27-30-17-12-9-13-18-30/h8-13,15-18,31-35H,3-7,14,19-28H2,1-2H3,(H,39,41). The summed E-state index contributed by atoms with van der Waals surface area (Å²) in [7, 11) is -3.70. The molecule has 252 valence electrons. The van der Waals surface area contributed by atoms with Gasteiger partial charge < -0.3 is 19.3 Å². The fourth-order valence-corrected chi connectivity index (χ4v) is 11.6. The minimum atomic E-state index is -3.70. The van der Waals surface area contributed by atoms with Gasteiger partial charge in [-0.2, -0.15) is 0 Å². The number of esters is 1. The van der Waals surface area contributed by atoms with Gasteiger partial charge in [-0.3, -0.25) is 9.36 Å². The van der Waals surface area contributed by atoms with Crippen LogP contribution in [0.15, 0.2) is 60.7 Å². The molecular weight excluding hydrogens is 597 g/mol. The SMILES string of the molecule is CCCCCCCC(CP(=O)(OC12CC3CC(CC(C3)C1)C2)C(Cc1ccccc1)NC(=O)OCc1ccccc1)C(=O)OCC. The van der Waals surface area contributed by atoms with E-state index in [4.69, 9.17) is 14.0 Å². The summed E-state index contributed by atoms with van der Waals surface area (Å²) in [5.74, 6) is 0.0452. The highest BCUT2D eigenvalue weighted by molar-refractivity contribution is 7.59. The molecule has 6 rings (SSSR count). The van der Waals surface area contributed by atoms with Crippen LogP contribution in [0.5, 0.6) is 0 Å². The number of benzene rings is 2. The van der Waals surface area contributed by atoms with Gasteiger partial charge in [0.1, 0.15) is 12.4 Å². The van der Waals surface area contributed by atoms with E-state index in [0.717, 1.165) is 62.5 Å². The highest BCUT2D eigenvalue weighted by atomic mass is 31.2. The number of hydrogen-bond donors (Lipinski definition) is 1. The number of alkyl carbamates (subject to hydrolysis) is 1. The van der Waals surface area contributed by atoms with E-state index in [1.807, 2.05) is 67.6 Å². The van der Waals surface area contributed by atoms with Gasteiger partial charge in [0, 0.05) is 12.6 Å². The summed E-state index contributed by atoms with van der Waals surface area (Å²) in [4.78, 5) is 26.9. The van der Waals surface area contributed by atoms with E-state index in [9.17, 15) is 9.59 Å². The van der Waals surface area contributed by atoms with Gasteiger partial charge >= 0.3 is 12.1 Å². The molecule has 7 nitrogen and oxygen atoms in total. The van der Waals surface area contributed by atoms with Gasteiger partial charge in [0.25, 0.3) is 0 Å². The van der Waals surface area contributed by atoms with Crippen LogP contribution in [-0.4, -0.2) is 36.2 Å². The maximum Gasteiger partial charge on any atom is 0.408 e. The third-order valence-electron chi connectivity index (χ3n) is 10.3. The van der Waals surface area contributed by atoms with Crippen LogP contribution in [0.25, 0.3) is 0 Å². The second-order valence-corrected chi connectivity index (χ2v) is 16.8. The topological polar surface area (TPSA) is 90.9 Å². The number of rotatable bonds is 18. The molecule has 2 aromatic rings. The second kappa shape index (κ2) is 16.5. The van der Waals surface area contributed by atoms with E-state index < -0.39 is 30.8 Å². The summed E-state index contributed by atoms with van der Waals surface area (Å²) in [5.41, 5.74) is 1.34. The van der Waals surface area contributed by atoms with Crippen LogP contribution in [-0.2, 0) is 36.4 Å². The third kappa shape index (κ3) is 9.47. The van der Waals surface area contributed by atoms with Crippen LogP contribution in [0.4, 0.5) is 4.79 Å². The molecule has 0 heterocycles. The lowest BCUT2D eigenvalue weighted by Crippen LogP contribution is -2.52. The largest absolute Gasteiger partial charge is 0.466 e. The first-order valence-corrected chi connectivity index (χ1v) is 19.6. The monoisotopic (exact) mass is 651 g/mol. The van der Waals surface area contributed by atoms with E-state index in [1.54, 1.807) is 0 Å². The molecule has 1 N–H and O–H groups in total. The molecule has 0 spiro atoms. The number of nitrogens with one attached hydrogen (secondary N) is 1. The molecule has 0 radical (unpaired) electrons.